The van der Waals surface area contributed by atoms with Crippen LogP contribution in [0.2, 0.25) is 5.02 Å². The van der Waals surface area contributed by atoms with Gasteiger partial charge in [0.1, 0.15) is 0 Å². The zero-order valence-electron chi connectivity index (χ0n) is 13.0. The lowest BCUT2D eigenvalue weighted by Gasteiger charge is -2.33. The number of carboxylic acid groups (broad SMARTS) is 1. The number of hydrogen-bond acceptors (Lipinski definition) is 3. The summed E-state index contributed by atoms with van der Waals surface area (Å²) < 4.78 is 0. The van der Waals surface area contributed by atoms with Crippen LogP contribution in [-0.2, 0) is 4.79 Å². The number of halogens is 1. The van der Waals surface area contributed by atoms with Crippen LogP contribution >= 0.6 is 23.4 Å². The molecule has 3 rings (SSSR count). The number of carbonyl (C=O) groups excluding carboxylic acids is 1. The van der Waals surface area contributed by atoms with Crippen molar-refractivity contribution in [2.45, 2.75) is 31.1 Å². The predicted octanol–water partition coefficient (Wildman–Crippen LogP) is 3.78. The van der Waals surface area contributed by atoms with Gasteiger partial charge < -0.3 is 10.0 Å². The molecule has 1 aliphatic carbocycles. The highest BCUT2D eigenvalue weighted by molar-refractivity contribution is 7.99. The van der Waals surface area contributed by atoms with E-state index in [9.17, 15) is 9.59 Å². The summed E-state index contributed by atoms with van der Waals surface area (Å²) in [7, 11) is 0. The number of nitrogens with zero attached hydrogens (tertiary/aromatic N) is 1. The molecule has 4 nitrogen and oxygen atoms in total. The minimum atomic E-state index is -0.691. The highest BCUT2D eigenvalue weighted by Crippen LogP contribution is 2.59. The molecule has 6 heteroatoms. The van der Waals surface area contributed by atoms with E-state index in [-0.39, 0.29) is 17.2 Å². The van der Waals surface area contributed by atoms with Crippen molar-refractivity contribution in [3.05, 3.63) is 28.8 Å². The van der Waals surface area contributed by atoms with E-state index in [0.717, 1.165) is 29.9 Å². The van der Waals surface area contributed by atoms with Crippen molar-refractivity contribution < 1.29 is 14.7 Å². The minimum absolute atomic E-state index is 0.0278. The number of carboxylic acids is 1. The van der Waals surface area contributed by atoms with Crippen molar-refractivity contribution in [1.29, 1.82) is 0 Å². The van der Waals surface area contributed by atoms with Crippen molar-refractivity contribution in [2.24, 2.45) is 11.3 Å². The fourth-order valence-corrected chi connectivity index (χ4v) is 4.59. The van der Waals surface area contributed by atoms with Crippen LogP contribution < -0.4 is 0 Å². The van der Waals surface area contributed by atoms with E-state index in [1.54, 1.807) is 23.9 Å². The molecule has 124 valence electrons. The summed E-state index contributed by atoms with van der Waals surface area (Å²) in [5.41, 5.74) is 0.645. The van der Waals surface area contributed by atoms with E-state index in [2.05, 4.69) is 0 Å². The first-order chi connectivity index (χ1) is 11.0. The fourth-order valence-electron chi connectivity index (χ4n) is 3.52. The molecule has 1 spiro atoms. The van der Waals surface area contributed by atoms with Gasteiger partial charge >= 0.3 is 5.97 Å². The first kappa shape index (κ1) is 16.7. The van der Waals surface area contributed by atoms with Gasteiger partial charge in [0, 0.05) is 23.0 Å². The molecule has 1 aromatic rings. The first-order valence-corrected chi connectivity index (χ1v) is 9.27. The number of piperidine rings is 1. The molecule has 1 unspecified atom stereocenters. The van der Waals surface area contributed by atoms with E-state index in [4.69, 9.17) is 16.7 Å². The molecular formula is C17H20ClNO3S. The molecule has 1 N–H and O–H groups in total. The zero-order chi connectivity index (χ0) is 16.6. The van der Waals surface area contributed by atoms with Crippen molar-refractivity contribution in [2.75, 3.05) is 18.8 Å². The second kappa shape index (κ2) is 6.36. The van der Waals surface area contributed by atoms with Gasteiger partial charge in [-0.3, -0.25) is 9.59 Å². The Morgan fingerprint density at radius 2 is 2.09 bits per heavy atom. The molecular weight excluding hydrogens is 334 g/mol. The third kappa shape index (κ3) is 3.22. The Morgan fingerprint density at radius 1 is 1.39 bits per heavy atom. The van der Waals surface area contributed by atoms with Crippen molar-refractivity contribution >= 4 is 35.2 Å². The first-order valence-electron chi connectivity index (χ1n) is 7.91. The number of likely N-dealkylation sites (tertiary alicyclic amines) is 1. The molecule has 1 aliphatic heterocycles. The molecule has 2 fully saturated rings. The summed E-state index contributed by atoms with van der Waals surface area (Å²) in [4.78, 5) is 26.7. The van der Waals surface area contributed by atoms with E-state index >= 15 is 0 Å². The quantitative estimate of drug-likeness (QED) is 0.837. The van der Waals surface area contributed by atoms with Gasteiger partial charge in [0.05, 0.1) is 11.5 Å². The van der Waals surface area contributed by atoms with Crippen molar-refractivity contribution in [3.8, 4) is 0 Å². The molecule has 0 aromatic heterocycles. The average Bonchev–Trinajstić information content (AvgIpc) is 3.22. The SMILES string of the molecule is CCSc1cc(Cl)ccc1C(=O)N1CCC2(CC1)CC2C(=O)O. The van der Waals surface area contributed by atoms with E-state index < -0.39 is 5.97 Å². The van der Waals surface area contributed by atoms with Crippen molar-refractivity contribution in [1.82, 2.24) is 4.90 Å². The van der Waals surface area contributed by atoms with Crippen LogP contribution in [0.3, 0.4) is 0 Å². The van der Waals surface area contributed by atoms with E-state index in [0.29, 0.717) is 23.7 Å². The summed E-state index contributed by atoms with van der Waals surface area (Å²) in [6.07, 6.45) is 2.35. The molecule has 1 saturated heterocycles. The number of rotatable bonds is 4. The largest absolute Gasteiger partial charge is 0.481 e. The molecule has 1 aromatic carbocycles. The lowest BCUT2D eigenvalue weighted by atomic mass is 9.90. The van der Waals surface area contributed by atoms with Crippen LogP contribution in [0.25, 0.3) is 0 Å². The Bertz CT molecular complexity index is 641. The van der Waals surface area contributed by atoms with Gasteiger partial charge in [-0.1, -0.05) is 18.5 Å². The molecule has 2 aliphatic rings. The van der Waals surface area contributed by atoms with Crippen LogP contribution in [0.4, 0.5) is 0 Å². The maximum Gasteiger partial charge on any atom is 0.307 e. The highest BCUT2D eigenvalue weighted by atomic mass is 35.5. The molecule has 1 heterocycles. The topological polar surface area (TPSA) is 57.6 Å². The monoisotopic (exact) mass is 353 g/mol. The third-order valence-corrected chi connectivity index (χ3v) is 6.18. The second-order valence-electron chi connectivity index (χ2n) is 6.32. The van der Waals surface area contributed by atoms with Gasteiger partial charge in [0.15, 0.2) is 0 Å². The molecule has 0 radical (unpaired) electrons. The average molecular weight is 354 g/mol. The van der Waals surface area contributed by atoms with Gasteiger partial charge in [-0.25, -0.2) is 0 Å². The fraction of sp³-hybridized carbons (Fsp3) is 0.529. The lowest BCUT2D eigenvalue weighted by Crippen LogP contribution is -2.40. The lowest BCUT2D eigenvalue weighted by molar-refractivity contribution is -0.139. The molecule has 1 amide bonds. The van der Waals surface area contributed by atoms with Crippen molar-refractivity contribution in [3.63, 3.8) is 0 Å². The number of thioether (sulfide) groups is 1. The van der Waals surface area contributed by atoms with Gasteiger partial charge in [0.25, 0.3) is 5.91 Å². The number of aliphatic carboxylic acids is 1. The molecule has 0 bridgehead atoms. The second-order valence-corrected chi connectivity index (χ2v) is 8.07. The summed E-state index contributed by atoms with van der Waals surface area (Å²) in [6, 6.07) is 5.39. The van der Waals surface area contributed by atoms with Gasteiger partial charge in [-0.05, 0) is 48.6 Å². The smallest absolute Gasteiger partial charge is 0.307 e. The van der Waals surface area contributed by atoms with Gasteiger partial charge in [0.2, 0.25) is 0 Å². The summed E-state index contributed by atoms with van der Waals surface area (Å²) >= 11 is 7.66. The summed E-state index contributed by atoms with van der Waals surface area (Å²) in [6.45, 7) is 3.33. The minimum Gasteiger partial charge on any atom is -0.481 e. The number of amides is 1. The Hall–Kier alpha value is -1.20. The Balaban J connectivity index is 1.70. The molecule has 1 saturated carbocycles. The van der Waals surface area contributed by atoms with E-state index in [1.165, 1.54) is 0 Å². The third-order valence-electron chi connectivity index (χ3n) is 5.01. The van der Waals surface area contributed by atoms with Gasteiger partial charge in [-0.15, -0.1) is 11.8 Å². The van der Waals surface area contributed by atoms with Crippen LogP contribution in [0, 0.1) is 11.3 Å². The highest BCUT2D eigenvalue weighted by Gasteiger charge is 2.59. The van der Waals surface area contributed by atoms with Crippen LogP contribution in [0.5, 0.6) is 0 Å². The Labute approximate surface area is 145 Å². The summed E-state index contributed by atoms with van der Waals surface area (Å²) in [5.74, 6) is 0.00917. The standard InChI is InChI=1S/C17H20ClNO3S/c1-2-23-14-9-11(18)3-4-12(14)15(20)19-7-5-17(6-8-19)10-13(17)16(21)22/h3-4,9,13H,2,5-8,10H2,1H3,(H,21,22). The summed E-state index contributed by atoms with van der Waals surface area (Å²) in [5, 5.41) is 9.79. The number of carbonyl (C=O) groups is 2. The number of hydrogen-bond donors (Lipinski definition) is 1. The molecule has 1 atom stereocenters. The maximum absolute atomic E-state index is 12.8. The number of benzene rings is 1. The Kier molecular flexibility index (Phi) is 4.61. The zero-order valence-corrected chi connectivity index (χ0v) is 14.6. The van der Waals surface area contributed by atoms with E-state index in [1.807, 2.05) is 17.9 Å². The predicted molar refractivity (Wildman–Crippen MR) is 91.2 cm³/mol. The maximum atomic E-state index is 12.8. The van der Waals surface area contributed by atoms with Crippen LogP contribution in [0.1, 0.15) is 36.5 Å². The molecule has 23 heavy (non-hydrogen) atoms. The van der Waals surface area contributed by atoms with Crippen LogP contribution in [-0.4, -0.2) is 40.7 Å². The van der Waals surface area contributed by atoms with Crippen LogP contribution in [0.15, 0.2) is 23.1 Å². The Morgan fingerprint density at radius 3 is 2.65 bits per heavy atom. The van der Waals surface area contributed by atoms with Gasteiger partial charge in [-0.2, -0.15) is 0 Å². The normalized spacial score (nSPS) is 22.2.